The summed E-state index contributed by atoms with van der Waals surface area (Å²) >= 11 is 0. The quantitative estimate of drug-likeness (QED) is 0.729. The zero-order valence-electron chi connectivity index (χ0n) is 8.56. The second-order valence-electron chi connectivity index (χ2n) is 4.06. The third-order valence-corrected chi connectivity index (χ3v) is 1.71. The molecule has 0 amide bonds. The molecule has 14 heavy (non-hydrogen) atoms. The lowest BCUT2D eigenvalue weighted by atomic mass is 10.1. The minimum Gasteiger partial charge on any atom is -0.478 e. The van der Waals surface area contributed by atoms with E-state index in [-0.39, 0.29) is 5.54 Å². The van der Waals surface area contributed by atoms with E-state index in [1.54, 1.807) is 10.9 Å². The Hall–Kier alpha value is -1.58. The molecule has 1 aromatic rings. The number of carboxylic acids is 1. The highest BCUT2D eigenvalue weighted by Gasteiger charge is 2.12. The predicted molar refractivity (Wildman–Crippen MR) is 53.9 cm³/mol. The van der Waals surface area contributed by atoms with Gasteiger partial charge in [-0.2, -0.15) is 5.10 Å². The van der Waals surface area contributed by atoms with Crippen molar-refractivity contribution >= 4 is 12.0 Å². The lowest BCUT2D eigenvalue weighted by Gasteiger charge is -2.18. The highest BCUT2D eigenvalue weighted by Crippen LogP contribution is 2.13. The Morgan fingerprint density at radius 2 is 2.21 bits per heavy atom. The molecule has 1 heterocycles. The summed E-state index contributed by atoms with van der Waals surface area (Å²) in [6.07, 6.45) is 6.09. The largest absolute Gasteiger partial charge is 0.478 e. The molecule has 0 aliphatic heterocycles. The molecule has 0 spiro atoms. The third-order valence-electron chi connectivity index (χ3n) is 1.71. The summed E-state index contributed by atoms with van der Waals surface area (Å²) in [6, 6.07) is 0. The van der Waals surface area contributed by atoms with Gasteiger partial charge in [0.1, 0.15) is 0 Å². The summed E-state index contributed by atoms with van der Waals surface area (Å²) in [5.41, 5.74) is 0.720. The first-order valence-corrected chi connectivity index (χ1v) is 4.36. The number of rotatable bonds is 2. The van der Waals surface area contributed by atoms with Gasteiger partial charge >= 0.3 is 5.97 Å². The van der Waals surface area contributed by atoms with Crippen LogP contribution in [0.2, 0.25) is 0 Å². The molecular weight excluding hydrogens is 180 g/mol. The molecular formula is C10H14N2O2. The molecule has 0 saturated carbocycles. The summed E-state index contributed by atoms with van der Waals surface area (Å²) in [7, 11) is 0. The van der Waals surface area contributed by atoms with E-state index in [4.69, 9.17) is 5.11 Å². The number of carbonyl (C=O) groups is 1. The van der Waals surface area contributed by atoms with E-state index in [0.717, 1.165) is 11.6 Å². The Balaban J connectivity index is 2.84. The number of hydrogen-bond donors (Lipinski definition) is 1. The van der Waals surface area contributed by atoms with Crippen LogP contribution in [0.25, 0.3) is 6.08 Å². The first kappa shape index (κ1) is 10.5. The van der Waals surface area contributed by atoms with Crippen LogP contribution in [0.1, 0.15) is 26.3 Å². The van der Waals surface area contributed by atoms with Crippen molar-refractivity contribution in [3.05, 3.63) is 24.0 Å². The van der Waals surface area contributed by atoms with E-state index in [1.165, 1.54) is 6.08 Å². The van der Waals surface area contributed by atoms with Gasteiger partial charge in [0.15, 0.2) is 0 Å². The minimum atomic E-state index is -0.950. The van der Waals surface area contributed by atoms with Gasteiger partial charge in [-0.1, -0.05) is 0 Å². The van der Waals surface area contributed by atoms with E-state index >= 15 is 0 Å². The smallest absolute Gasteiger partial charge is 0.328 e. The summed E-state index contributed by atoms with van der Waals surface area (Å²) < 4.78 is 1.80. The first-order valence-electron chi connectivity index (χ1n) is 4.36. The molecule has 0 fully saturated rings. The molecule has 0 radical (unpaired) electrons. The van der Waals surface area contributed by atoms with Gasteiger partial charge < -0.3 is 5.11 Å². The summed E-state index contributed by atoms with van der Waals surface area (Å²) in [5.74, 6) is -0.950. The maximum Gasteiger partial charge on any atom is 0.328 e. The Kier molecular flexibility index (Phi) is 2.74. The fourth-order valence-corrected chi connectivity index (χ4v) is 0.957. The standard InChI is InChI=1S/C10H14N2O2/c1-10(2,3)12-7-8(6-11-12)4-5-9(13)14/h4-7H,1-3H3,(H,13,14)/b5-4+. The molecule has 0 aromatic carbocycles. The molecule has 0 aliphatic rings. The average molecular weight is 194 g/mol. The van der Waals surface area contributed by atoms with E-state index in [9.17, 15) is 4.79 Å². The second-order valence-corrected chi connectivity index (χ2v) is 4.06. The number of nitrogens with zero attached hydrogens (tertiary/aromatic N) is 2. The van der Waals surface area contributed by atoms with E-state index < -0.39 is 5.97 Å². The van der Waals surface area contributed by atoms with Crippen LogP contribution in [0.4, 0.5) is 0 Å². The number of aromatic nitrogens is 2. The number of hydrogen-bond acceptors (Lipinski definition) is 2. The Labute approximate surface area is 82.9 Å². The van der Waals surface area contributed by atoms with E-state index in [2.05, 4.69) is 5.10 Å². The van der Waals surface area contributed by atoms with Crippen LogP contribution in [-0.2, 0) is 10.3 Å². The van der Waals surface area contributed by atoms with Crippen LogP contribution in [0.5, 0.6) is 0 Å². The number of carboxylic acid groups (broad SMARTS) is 1. The van der Waals surface area contributed by atoms with Crippen molar-refractivity contribution < 1.29 is 9.90 Å². The van der Waals surface area contributed by atoms with Crippen LogP contribution in [0, 0.1) is 0 Å². The molecule has 1 N–H and O–H groups in total. The number of aliphatic carboxylic acids is 1. The van der Waals surface area contributed by atoms with Gasteiger partial charge in [-0.05, 0) is 26.8 Å². The van der Waals surface area contributed by atoms with Crippen molar-refractivity contribution in [3.8, 4) is 0 Å². The molecule has 76 valence electrons. The van der Waals surface area contributed by atoms with Crippen molar-refractivity contribution in [3.63, 3.8) is 0 Å². The zero-order chi connectivity index (χ0) is 10.8. The van der Waals surface area contributed by atoms with Crippen LogP contribution in [0.15, 0.2) is 18.5 Å². The van der Waals surface area contributed by atoms with Gasteiger partial charge in [-0.25, -0.2) is 4.79 Å². The fraction of sp³-hybridized carbons (Fsp3) is 0.400. The van der Waals surface area contributed by atoms with Gasteiger partial charge in [0.05, 0.1) is 11.7 Å². The van der Waals surface area contributed by atoms with Crippen LogP contribution in [-0.4, -0.2) is 20.9 Å². The molecule has 1 rings (SSSR count). The molecule has 4 nitrogen and oxygen atoms in total. The highest BCUT2D eigenvalue weighted by atomic mass is 16.4. The summed E-state index contributed by atoms with van der Waals surface area (Å²) in [4.78, 5) is 10.3. The lowest BCUT2D eigenvalue weighted by Crippen LogP contribution is -2.21. The summed E-state index contributed by atoms with van der Waals surface area (Å²) in [5, 5.41) is 12.6. The first-order chi connectivity index (χ1) is 6.39. The normalized spacial score (nSPS) is 12.2. The second kappa shape index (κ2) is 3.65. The fourth-order valence-electron chi connectivity index (χ4n) is 0.957. The lowest BCUT2D eigenvalue weighted by molar-refractivity contribution is -0.131. The maximum absolute atomic E-state index is 10.3. The Morgan fingerprint density at radius 3 is 2.64 bits per heavy atom. The molecule has 1 aromatic heterocycles. The van der Waals surface area contributed by atoms with Crippen LogP contribution < -0.4 is 0 Å². The molecule has 0 atom stereocenters. The molecule has 0 aliphatic carbocycles. The zero-order valence-corrected chi connectivity index (χ0v) is 8.56. The molecule has 0 saturated heterocycles. The monoisotopic (exact) mass is 194 g/mol. The Bertz CT molecular complexity index is 358. The van der Waals surface area contributed by atoms with Crippen molar-refractivity contribution in [1.29, 1.82) is 0 Å². The molecule has 4 heteroatoms. The topological polar surface area (TPSA) is 55.1 Å². The predicted octanol–water partition coefficient (Wildman–Crippen LogP) is 1.74. The highest BCUT2D eigenvalue weighted by molar-refractivity contribution is 5.85. The van der Waals surface area contributed by atoms with Crippen LogP contribution >= 0.6 is 0 Å². The van der Waals surface area contributed by atoms with Crippen molar-refractivity contribution in [2.45, 2.75) is 26.3 Å². The minimum absolute atomic E-state index is 0.0741. The van der Waals surface area contributed by atoms with Crippen molar-refractivity contribution in [2.75, 3.05) is 0 Å². The Morgan fingerprint density at radius 1 is 1.57 bits per heavy atom. The van der Waals surface area contributed by atoms with Crippen molar-refractivity contribution in [2.24, 2.45) is 0 Å². The van der Waals surface area contributed by atoms with Gasteiger partial charge in [-0.3, -0.25) is 4.68 Å². The van der Waals surface area contributed by atoms with Crippen LogP contribution in [0.3, 0.4) is 0 Å². The SMILES string of the molecule is CC(C)(C)n1cc(/C=C/C(=O)O)cn1. The van der Waals surface area contributed by atoms with Gasteiger partial charge in [0.2, 0.25) is 0 Å². The maximum atomic E-state index is 10.3. The van der Waals surface area contributed by atoms with Gasteiger partial charge in [0.25, 0.3) is 0 Å². The van der Waals surface area contributed by atoms with E-state index in [1.807, 2.05) is 27.0 Å². The van der Waals surface area contributed by atoms with Gasteiger partial charge in [0, 0.05) is 17.8 Å². The average Bonchev–Trinajstić information content (AvgIpc) is 2.47. The van der Waals surface area contributed by atoms with Crippen molar-refractivity contribution in [1.82, 2.24) is 9.78 Å². The summed E-state index contributed by atoms with van der Waals surface area (Å²) in [6.45, 7) is 6.10. The van der Waals surface area contributed by atoms with E-state index in [0.29, 0.717) is 0 Å². The molecule has 0 bridgehead atoms. The molecule has 0 unspecified atom stereocenters. The van der Waals surface area contributed by atoms with Gasteiger partial charge in [-0.15, -0.1) is 0 Å². The third kappa shape index (κ3) is 2.73.